The molecule has 1 aromatic carbocycles. The number of ether oxygens (including phenoxy) is 1. The third kappa shape index (κ3) is 2.98. The highest BCUT2D eigenvalue weighted by molar-refractivity contribution is 5.97. The zero-order chi connectivity index (χ0) is 17.1. The summed E-state index contributed by atoms with van der Waals surface area (Å²) in [5, 5.41) is 14.0. The Morgan fingerprint density at radius 2 is 2.21 bits per heavy atom. The van der Waals surface area contributed by atoms with Gasteiger partial charge in [-0.15, -0.1) is 0 Å². The highest BCUT2D eigenvalue weighted by Crippen LogP contribution is 2.35. The molecule has 124 valence electrons. The van der Waals surface area contributed by atoms with Crippen molar-refractivity contribution in [3.8, 4) is 5.75 Å². The van der Waals surface area contributed by atoms with Crippen LogP contribution in [0.2, 0.25) is 0 Å². The minimum Gasteiger partial charge on any atom is -0.494 e. The third-order valence-corrected chi connectivity index (χ3v) is 3.79. The number of carbonyl (C=O) groups is 1. The molecule has 0 spiro atoms. The number of carbonyl (C=O) groups excluding carboxylic acids is 1. The number of hydrogen-bond acceptors (Lipinski definition) is 6. The summed E-state index contributed by atoms with van der Waals surface area (Å²) in [5.41, 5.74) is 1.17. The number of aromatic nitrogens is 1. The normalized spacial score (nSPS) is 13.9. The summed E-state index contributed by atoms with van der Waals surface area (Å²) in [4.78, 5) is 28.2. The Labute approximate surface area is 138 Å². The van der Waals surface area contributed by atoms with Gasteiger partial charge < -0.3 is 15.0 Å². The summed E-state index contributed by atoms with van der Waals surface area (Å²) in [6.45, 7) is 0.660. The second kappa shape index (κ2) is 6.53. The van der Waals surface area contributed by atoms with Crippen molar-refractivity contribution in [3.63, 3.8) is 0 Å². The van der Waals surface area contributed by atoms with Gasteiger partial charge in [0.05, 0.1) is 17.7 Å². The van der Waals surface area contributed by atoms with Crippen molar-refractivity contribution in [2.75, 3.05) is 23.9 Å². The molecule has 1 saturated heterocycles. The molecule has 2 aromatic rings. The molecule has 0 bridgehead atoms. The Kier molecular flexibility index (Phi) is 4.28. The highest BCUT2D eigenvalue weighted by atomic mass is 16.6. The van der Waals surface area contributed by atoms with E-state index in [2.05, 4.69) is 10.3 Å². The summed E-state index contributed by atoms with van der Waals surface area (Å²) >= 11 is 0. The van der Waals surface area contributed by atoms with E-state index in [4.69, 9.17) is 4.74 Å². The monoisotopic (exact) mass is 328 g/mol. The second-order valence-corrected chi connectivity index (χ2v) is 5.29. The van der Waals surface area contributed by atoms with E-state index in [0.717, 1.165) is 6.42 Å². The van der Waals surface area contributed by atoms with E-state index in [1.54, 1.807) is 23.1 Å². The van der Waals surface area contributed by atoms with E-state index >= 15 is 0 Å². The van der Waals surface area contributed by atoms with E-state index < -0.39 is 4.92 Å². The van der Waals surface area contributed by atoms with Gasteiger partial charge in [0.15, 0.2) is 0 Å². The molecule has 1 aromatic heterocycles. The fourth-order valence-electron chi connectivity index (χ4n) is 2.66. The van der Waals surface area contributed by atoms with Crippen molar-refractivity contribution in [3.05, 3.63) is 46.6 Å². The number of methoxy groups -OCH3 is 1. The van der Waals surface area contributed by atoms with E-state index in [-0.39, 0.29) is 17.4 Å². The molecule has 1 amide bonds. The Morgan fingerprint density at radius 1 is 1.38 bits per heavy atom. The van der Waals surface area contributed by atoms with Crippen LogP contribution in [0.5, 0.6) is 5.75 Å². The van der Waals surface area contributed by atoms with Crippen LogP contribution in [0.4, 0.5) is 22.9 Å². The van der Waals surface area contributed by atoms with Gasteiger partial charge in [-0.2, -0.15) is 0 Å². The number of rotatable bonds is 5. The average molecular weight is 328 g/mol. The number of nitrogens with one attached hydrogen (secondary N) is 1. The number of pyridine rings is 1. The molecular formula is C16H16N4O4. The molecule has 1 N–H and O–H groups in total. The predicted molar refractivity (Wildman–Crippen MR) is 88.8 cm³/mol. The summed E-state index contributed by atoms with van der Waals surface area (Å²) in [5.74, 6) is 0.734. The molecule has 8 heteroatoms. The molecule has 0 saturated carbocycles. The zero-order valence-electron chi connectivity index (χ0n) is 13.1. The Bertz CT molecular complexity index is 793. The van der Waals surface area contributed by atoms with Crippen LogP contribution in [0.25, 0.3) is 0 Å². The van der Waals surface area contributed by atoms with Crippen LogP contribution in [0.1, 0.15) is 12.8 Å². The molecule has 8 nitrogen and oxygen atoms in total. The van der Waals surface area contributed by atoms with Crippen LogP contribution in [0.3, 0.4) is 0 Å². The summed E-state index contributed by atoms with van der Waals surface area (Å²) < 4.78 is 5.37. The predicted octanol–water partition coefficient (Wildman–Crippen LogP) is 2.87. The first kappa shape index (κ1) is 15.7. The summed E-state index contributed by atoms with van der Waals surface area (Å²) in [6, 6.07) is 8.08. The van der Waals surface area contributed by atoms with Gasteiger partial charge in [-0.3, -0.25) is 14.9 Å². The first-order valence-electron chi connectivity index (χ1n) is 7.45. The van der Waals surface area contributed by atoms with Gasteiger partial charge >= 0.3 is 5.69 Å². The average Bonchev–Trinajstić information content (AvgIpc) is 3.01. The van der Waals surface area contributed by atoms with Gasteiger partial charge in [0.1, 0.15) is 5.75 Å². The quantitative estimate of drug-likeness (QED) is 0.669. The van der Waals surface area contributed by atoms with Crippen molar-refractivity contribution < 1.29 is 14.5 Å². The number of nitro groups is 1. The van der Waals surface area contributed by atoms with Crippen molar-refractivity contribution in [1.29, 1.82) is 0 Å². The topological polar surface area (TPSA) is 97.6 Å². The lowest BCUT2D eigenvalue weighted by atomic mass is 10.2. The number of amides is 1. The van der Waals surface area contributed by atoms with Crippen LogP contribution in [0.15, 0.2) is 36.5 Å². The molecule has 1 fully saturated rings. The molecule has 1 aliphatic heterocycles. The lowest BCUT2D eigenvalue weighted by Crippen LogP contribution is -2.24. The molecule has 0 aliphatic carbocycles. The SMILES string of the molecule is COc1cc(Nc2ncccc2[N+](=O)[O-])ccc1N1CCCC1=O. The van der Waals surface area contributed by atoms with Gasteiger partial charge in [0.2, 0.25) is 11.7 Å². The fraction of sp³-hybridized carbons (Fsp3) is 0.250. The Morgan fingerprint density at radius 3 is 2.88 bits per heavy atom. The number of nitrogens with zero attached hydrogens (tertiary/aromatic N) is 3. The van der Waals surface area contributed by atoms with E-state index in [1.165, 1.54) is 25.4 Å². The molecule has 24 heavy (non-hydrogen) atoms. The van der Waals surface area contributed by atoms with Gasteiger partial charge in [0.25, 0.3) is 0 Å². The Balaban J connectivity index is 1.91. The lowest BCUT2D eigenvalue weighted by molar-refractivity contribution is -0.384. The molecule has 2 heterocycles. The summed E-state index contributed by atoms with van der Waals surface area (Å²) in [6.07, 6.45) is 2.83. The van der Waals surface area contributed by atoms with Crippen molar-refractivity contribution in [2.45, 2.75) is 12.8 Å². The zero-order valence-corrected chi connectivity index (χ0v) is 13.1. The van der Waals surface area contributed by atoms with Crippen LogP contribution in [0, 0.1) is 10.1 Å². The van der Waals surface area contributed by atoms with Crippen LogP contribution < -0.4 is 15.0 Å². The number of benzene rings is 1. The maximum absolute atomic E-state index is 11.9. The smallest absolute Gasteiger partial charge is 0.311 e. The maximum atomic E-state index is 11.9. The molecule has 1 aliphatic rings. The van der Waals surface area contributed by atoms with Crippen molar-refractivity contribution >= 4 is 28.8 Å². The molecule has 0 unspecified atom stereocenters. The van der Waals surface area contributed by atoms with Gasteiger partial charge in [-0.1, -0.05) is 0 Å². The minimum atomic E-state index is -0.496. The number of anilines is 3. The largest absolute Gasteiger partial charge is 0.494 e. The second-order valence-electron chi connectivity index (χ2n) is 5.29. The Hall–Kier alpha value is -3.16. The van der Waals surface area contributed by atoms with Crippen LogP contribution >= 0.6 is 0 Å². The molecule has 3 rings (SSSR count). The van der Waals surface area contributed by atoms with Gasteiger partial charge in [-0.25, -0.2) is 4.98 Å². The highest BCUT2D eigenvalue weighted by Gasteiger charge is 2.24. The standard InChI is InChI=1S/C16H16N4O4/c1-24-14-10-11(6-7-12(14)19-9-3-5-15(19)21)18-16-13(20(22)23)4-2-8-17-16/h2,4,6-8,10H,3,5,9H2,1H3,(H,17,18). The van der Waals surface area contributed by atoms with E-state index in [1.807, 2.05) is 0 Å². The van der Waals surface area contributed by atoms with Gasteiger partial charge in [-0.05, 0) is 24.6 Å². The van der Waals surface area contributed by atoms with Gasteiger partial charge in [0, 0.05) is 37.0 Å². The molecule has 0 radical (unpaired) electrons. The van der Waals surface area contributed by atoms with E-state index in [0.29, 0.717) is 30.1 Å². The first-order chi connectivity index (χ1) is 11.6. The fourth-order valence-corrected chi connectivity index (χ4v) is 2.66. The summed E-state index contributed by atoms with van der Waals surface area (Å²) in [7, 11) is 1.52. The first-order valence-corrected chi connectivity index (χ1v) is 7.45. The minimum absolute atomic E-state index is 0.0642. The number of hydrogen-bond donors (Lipinski definition) is 1. The molecular weight excluding hydrogens is 312 g/mol. The molecule has 0 atom stereocenters. The van der Waals surface area contributed by atoms with E-state index in [9.17, 15) is 14.9 Å². The van der Waals surface area contributed by atoms with Crippen LogP contribution in [-0.4, -0.2) is 29.5 Å². The van der Waals surface area contributed by atoms with Crippen LogP contribution in [-0.2, 0) is 4.79 Å². The lowest BCUT2D eigenvalue weighted by Gasteiger charge is -2.19. The third-order valence-electron chi connectivity index (χ3n) is 3.79. The maximum Gasteiger partial charge on any atom is 0.311 e. The van der Waals surface area contributed by atoms with Crippen molar-refractivity contribution in [1.82, 2.24) is 4.98 Å². The van der Waals surface area contributed by atoms with Crippen molar-refractivity contribution in [2.24, 2.45) is 0 Å².